The topological polar surface area (TPSA) is 41.5 Å². The molecule has 0 aliphatic carbocycles. The van der Waals surface area contributed by atoms with Crippen LogP contribution < -0.4 is 5.32 Å². The molecule has 110 valence electrons. The first-order valence-corrected chi connectivity index (χ1v) is 6.89. The maximum Gasteiger partial charge on any atom is 0.265 e. The molecule has 0 aromatic heterocycles. The number of aliphatic imine (C=N–C) groups is 1. The molecule has 0 aliphatic heterocycles. The molecule has 0 atom stereocenters. The third kappa shape index (κ3) is 7.52. The number of amides is 1. The molecular weight excluding hydrogens is 248 g/mol. The first-order valence-electron chi connectivity index (χ1n) is 6.89. The van der Waals surface area contributed by atoms with Gasteiger partial charge in [-0.1, -0.05) is 43.4 Å². The van der Waals surface area contributed by atoms with Crippen LogP contribution in [0.3, 0.4) is 0 Å². The van der Waals surface area contributed by atoms with Gasteiger partial charge in [0, 0.05) is 12.2 Å². The lowest BCUT2D eigenvalue weighted by molar-refractivity contribution is -0.114. The lowest BCUT2D eigenvalue weighted by Gasteiger charge is -2.06. The molecule has 1 amide bonds. The third-order valence-corrected chi connectivity index (χ3v) is 2.62. The molecule has 0 bridgehead atoms. The highest BCUT2D eigenvalue weighted by Gasteiger charge is 2.06. The number of carbonyl (C=O) groups is 1. The van der Waals surface area contributed by atoms with Crippen molar-refractivity contribution in [1.82, 2.24) is 5.32 Å². The fourth-order valence-corrected chi connectivity index (χ4v) is 1.47. The van der Waals surface area contributed by atoms with Crippen molar-refractivity contribution < 1.29 is 4.79 Å². The van der Waals surface area contributed by atoms with Crippen molar-refractivity contribution in [2.75, 3.05) is 6.54 Å². The Labute approximate surface area is 122 Å². The molecule has 0 heterocycles. The van der Waals surface area contributed by atoms with Crippen LogP contribution in [0.2, 0.25) is 0 Å². The zero-order chi connectivity index (χ0) is 15.5. The molecule has 0 aromatic rings. The van der Waals surface area contributed by atoms with Gasteiger partial charge >= 0.3 is 0 Å². The van der Waals surface area contributed by atoms with Crippen LogP contribution in [0.25, 0.3) is 0 Å². The first kappa shape index (κ1) is 18.1. The van der Waals surface area contributed by atoms with E-state index in [1.165, 1.54) is 0 Å². The Morgan fingerprint density at radius 2 is 1.90 bits per heavy atom. The highest BCUT2D eigenvalue weighted by molar-refractivity contribution is 6.38. The van der Waals surface area contributed by atoms with E-state index in [2.05, 4.69) is 16.9 Å². The summed E-state index contributed by atoms with van der Waals surface area (Å²) in [5.74, 6) is -0.149. The van der Waals surface area contributed by atoms with Crippen LogP contribution in [0.1, 0.15) is 41.0 Å². The van der Waals surface area contributed by atoms with Crippen molar-refractivity contribution in [1.29, 1.82) is 0 Å². The van der Waals surface area contributed by atoms with Crippen molar-refractivity contribution in [3.8, 4) is 0 Å². The summed E-state index contributed by atoms with van der Waals surface area (Å²) >= 11 is 0. The van der Waals surface area contributed by atoms with Gasteiger partial charge in [0.2, 0.25) is 0 Å². The Bertz CT molecular complexity index is 465. The van der Waals surface area contributed by atoms with Crippen molar-refractivity contribution in [2.24, 2.45) is 4.99 Å². The van der Waals surface area contributed by atoms with Crippen molar-refractivity contribution in [2.45, 2.75) is 41.0 Å². The van der Waals surface area contributed by atoms with Crippen LogP contribution in [0, 0.1) is 0 Å². The summed E-state index contributed by atoms with van der Waals surface area (Å²) in [6.45, 7) is 13.8. The molecule has 3 heteroatoms. The molecule has 0 aliphatic rings. The van der Waals surface area contributed by atoms with Gasteiger partial charge in [0.25, 0.3) is 5.91 Å². The van der Waals surface area contributed by atoms with E-state index in [1.807, 2.05) is 52.0 Å². The Morgan fingerprint density at radius 3 is 2.40 bits per heavy atom. The molecule has 0 rings (SSSR count). The van der Waals surface area contributed by atoms with Crippen molar-refractivity contribution >= 4 is 11.6 Å². The van der Waals surface area contributed by atoms with Gasteiger partial charge in [0.1, 0.15) is 5.71 Å². The second-order valence-corrected chi connectivity index (χ2v) is 4.71. The number of carbonyl (C=O) groups excluding carboxylic acids is 1. The number of allylic oxidation sites excluding steroid dienone is 6. The smallest absolute Gasteiger partial charge is 0.265 e. The van der Waals surface area contributed by atoms with E-state index in [0.29, 0.717) is 12.3 Å². The minimum atomic E-state index is -0.149. The molecule has 20 heavy (non-hydrogen) atoms. The van der Waals surface area contributed by atoms with E-state index in [1.54, 1.807) is 6.92 Å². The summed E-state index contributed by atoms with van der Waals surface area (Å²) in [4.78, 5) is 16.3. The van der Waals surface area contributed by atoms with Gasteiger partial charge in [-0.05, 0) is 39.7 Å². The number of rotatable bonds is 7. The SMILES string of the molecule is C=C(C)CNC(=O)C(C)=N/C(CC)=C(C)/C=C\C=C/C. The zero-order valence-electron chi connectivity index (χ0n) is 13.3. The number of nitrogens with zero attached hydrogens (tertiary/aromatic N) is 1. The predicted octanol–water partition coefficient (Wildman–Crippen LogP) is 3.96. The summed E-state index contributed by atoms with van der Waals surface area (Å²) in [5, 5.41) is 2.78. The van der Waals surface area contributed by atoms with E-state index in [-0.39, 0.29) is 5.91 Å². The van der Waals surface area contributed by atoms with E-state index in [9.17, 15) is 4.79 Å². The molecule has 0 saturated heterocycles. The lowest BCUT2D eigenvalue weighted by atomic mass is 10.1. The fourth-order valence-electron chi connectivity index (χ4n) is 1.47. The molecule has 0 saturated carbocycles. The van der Waals surface area contributed by atoms with E-state index >= 15 is 0 Å². The number of hydrogen-bond acceptors (Lipinski definition) is 2. The average Bonchev–Trinajstić information content (AvgIpc) is 2.41. The van der Waals surface area contributed by atoms with Gasteiger partial charge in [-0.2, -0.15) is 0 Å². The molecule has 0 unspecified atom stereocenters. The highest BCUT2D eigenvalue weighted by Crippen LogP contribution is 2.12. The Morgan fingerprint density at radius 1 is 1.25 bits per heavy atom. The Balaban J connectivity index is 4.98. The minimum Gasteiger partial charge on any atom is -0.347 e. The van der Waals surface area contributed by atoms with Gasteiger partial charge in [0.05, 0.1) is 0 Å². The van der Waals surface area contributed by atoms with Crippen LogP contribution >= 0.6 is 0 Å². The van der Waals surface area contributed by atoms with Gasteiger partial charge < -0.3 is 5.32 Å². The molecule has 1 N–H and O–H groups in total. The van der Waals surface area contributed by atoms with E-state index < -0.39 is 0 Å². The molecule has 0 aromatic carbocycles. The van der Waals surface area contributed by atoms with Gasteiger partial charge in [-0.25, -0.2) is 0 Å². The molecular formula is C17H26N2O. The van der Waals surface area contributed by atoms with Crippen molar-refractivity contribution in [3.05, 3.63) is 47.7 Å². The second kappa shape index (κ2) is 9.96. The quantitative estimate of drug-likeness (QED) is 0.426. The van der Waals surface area contributed by atoms with Gasteiger partial charge in [-0.3, -0.25) is 9.79 Å². The van der Waals surface area contributed by atoms with Crippen LogP contribution in [0.15, 0.2) is 52.7 Å². The predicted molar refractivity (Wildman–Crippen MR) is 87.9 cm³/mol. The maximum absolute atomic E-state index is 11.8. The molecule has 0 fully saturated rings. The highest BCUT2D eigenvalue weighted by atomic mass is 16.1. The van der Waals surface area contributed by atoms with E-state index in [0.717, 1.165) is 23.3 Å². The molecule has 0 spiro atoms. The van der Waals surface area contributed by atoms with Crippen LogP contribution in [-0.2, 0) is 4.79 Å². The van der Waals surface area contributed by atoms with Crippen LogP contribution in [0.5, 0.6) is 0 Å². The van der Waals surface area contributed by atoms with E-state index in [4.69, 9.17) is 0 Å². The fraction of sp³-hybridized carbons (Fsp3) is 0.412. The Kier molecular flexibility index (Phi) is 9.01. The van der Waals surface area contributed by atoms with Gasteiger partial charge in [0.15, 0.2) is 0 Å². The number of nitrogens with one attached hydrogen (secondary N) is 1. The summed E-state index contributed by atoms with van der Waals surface area (Å²) in [6.07, 6.45) is 8.69. The third-order valence-electron chi connectivity index (χ3n) is 2.62. The first-order chi connectivity index (χ1) is 9.42. The Hall–Kier alpha value is -1.90. The molecule has 0 radical (unpaired) electrons. The van der Waals surface area contributed by atoms with Crippen LogP contribution in [0.4, 0.5) is 0 Å². The van der Waals surface area contributed by atoms with Gasteiger partial charge in [-0.15, -0.1) is 0 Å². The largest absolute Gasteiger partial charge is 0.347 e. The normalized spacial score (nSPS) is 13.8. The minimum absolute atomic E-state index is 0.149. The summed E-state index contributed by atoms with van der Waals surface area (Å²) in [5.41, 5.74) is 3.39. The monoisotopic (exact) mass is 274 g/mol. The maximum atomic E-state index is 11.8. The summed E-state index contributed by atoms with van der Waals surface area (Å²) in [6, 6.07) is 0. The standard InChI is InChI=1S/C17H26N2O/c1-7-9-10-11-14(5)16(8-2)19-15(6)17(20)18-12-13(3)4/h7,9-11H,3,8,12H2,1-2,4-6H3,(H,18,20)/b9-7-,11-10-,16-14+,19-15?. The molecule has 3 nitrogen and oxygen atoms in total. The zero-order valence-corrected chi connectivity index (χ0v) is 13.3. The average molecular weight is 274 g/mol. The van der Waals surface area contributed by atoms with Crippen LogP contribution in [-0.4, -0.2) is 18.2 Å². The second-order valence-electron chi connectivity index (χ2n) is 4.71. The summed E-state index contributed by atoms with van der Waals surface area (Å²) in [7, 11) is 0. The van der Waals surface area contributed by atoms with Crippen molar-refractivity contribution in [3.63, 3.8) is 0 Å². The summed E-state index contributed by atoms with van der Waals surface area (Å²) < 4.78 is 0. The number of hydrogen-bond donors (Lipinski definition) is 1. The lowest BCUT2D eigenvalue weighted by Crippen LogP contribution is -2.30.